The molecule has 0 spiro atoms. The number of rotatable bonds is 5. The monoisotopic (exact) mass is 262 g/mol. The van der Waals surface area contributed by atoms with E-state index in [1.165, 1.54) is 50.7 Å². The van der Waals surface area contributed by atoms with Crippen molar-refractivity contribution in [2.45, 2.75) is 39.7 Å². The van der Waals surface area contributed by atoms with Crippen LogP contribution in [0.4, 0.5) is 5.95 Å². The minimum Gasteiger partial charge on any atom is -0.342 e. The van der Waals surface area contributed by atoms with Gasteiger partial charge < -0.3 is 14.8 Å². The van der Waals surface area contributed by atoms with Crippen LogP contribution < -0.4 is 10.2 Å². The topological polar surface area (TPSA) is 33.1 Å². The summed E-state index contributed by atoms with van der Waals surface area (Å²) in [6.45, 7) is 10.3. The van der Waals surface area contributed by atoms with Crippen LogP contribution in [0.3, 0.4) is 0 Å². The van der Waals surface area contributed by atoms with E-state index in [1.807, 2.05) is 0 Å². The van der Waals surface area contributed by atoms with Crippen molar-refractivity contribution in [3.05, 3.63) is 11.9 Å². The quantitative estimate of drug-likeness (QED) is 0.880. The summed E-state index contributed by atoms with van der Waals surface area (Å²) < 4.78 is 2.39. The van der Waals surface area contributed by atoms with Gasteiger partial charge in [-0.1, -0.05) is 20.3 Å². The fraction of sp³-hybridized carbons (Fsp3) is 0.800. The molecule has 0 unspecified atom stereocenters. The summed E-state index contributed by atoms with van der Waals surface area (Å²) in [4.78, 5) is 7.38. The Balaban J connectivity index is 1.77. The third kappa shape index (κ3) is 2.50. The summed E-state index contributed by atoms with van der Waals surface area (Å²) in [6, 6.07) is 0. The van der Waals surface area contributed by atoms with Crippen LogP contribution in [0.2, 0.25) is 0 Å². The highest BCUT2D eigenvalue weighted by atomic mass is 15.3. The van der Waals surface area contributed by atoms with Crippen molar-refractivity contribution in [3.63, 3.8) is 0 Å². The molecule has 3 rings (SSSR count). The molecule has 0 aromatic carbocycles. The lowest BCUT2D eigenvalue weighted by molar-refractivity contribution is 0.533. The zero-order valence-corrected chi connectivity index (χ0v) is 12.2. The molecule has 0 aliphatic carbocycles. The van der Waals surface area contributed by atoms with E-state index < -0.39 is 0 Å². The fourth-order valence-corrected chi connectivity index (χ4v) is 3.39. The summed E-state index contributed by atoms with van der Waals surface area (Å²) in [6.07, 6.45) is 5.79. The van der Waals surface area contributed by atoms with Crippen LogP contribution in [-0.4, -0.2) is 35.7 Å². The Morgan fingerprint density at radius 2 is 2.00 bits per heavy atom. The van der Waals surface area contributed by atoms with Crippen LogP contribution in [0.25, 0.3) is 0 Å². The molecule has 0 bridgehead atoms. The Morgan fingerprint density at radius 1 is 1.26 bits per heavy atom. The largest absolute Gasteiger partial charge is 0.342 e. The summed E-state index contributed by atoms with van der Waals surface area (Å²) in [5, 5.41) is 3.51. The second kappa shape index (κ2) is 5.53. The molecule has 0 radical (unpaired) electrons. The van der Waals surface area contributed by atoms with Crippen molar-refractivity contribution >= 4 is 5.95 Å². The van der Waals surface area contributed by atoms with E-state index in [0.717, 1.165) is 24.8 Å². The standard InChI is InChI=1S/C15H26N4/c1-3-5-6-18-11-14(4-2)17-15(18)19-9-12-7-16-8-13(12)10-19/h11-13,16H,3-10H2,1-2H3/t12-,13+. The average molecular weight is 262 g/mol. The molecule has 1 aromatic rings. The molecule has 2 atom stereocenters. The molecule has 0 amide bonds. The van der Waals surface area contributed by atoms with E-state index in [2.05, 4.69) is 34.8 Å². The van der Waals surface area contributed by atoms with Crippen LogP contribution >= 0.6 is 0 Å². The van der Waals surface area contributed by atoms with Gasteiger partial charge in [-0.05, 0) is 24.7 Å². The minimum atomic E-state index is 0.835. The van der Waals surface area contributed by atoms with Crippen LogP contribution in [0.15, 0.2) is 6.20 Å². The summed E-state index contributed by atoms with van der Waals surface area (Å²) >= 11 is 0. The lowest BCUT2D eigenvalue weighted by Crippen LogP contribution is -2.28. The lowest BCUT2D eigenvalue weighted by Gasteiger charge is -2.20. The highest BCUT2D eigenvalue weighted by Crippen LogP contribution is 2.30. The summed E-state index contributed by atoms with van der Waals surface area (Å²) in [5.41, 5.74) is 1.24. The van der Waals surface area contributed by atoms with Crippen LogP contribution in [0.1, 0.15) is 32.4 Å². The van der Waals surface area contributed by atoms with Gasteiger partial charge >= 0.3 is 0 Å². The number of aryl methyl sites for hydroxylation is 2. The van der Waals surface area contributed by atoms with Gasteiger partial charge in [0.05, 0.1) is 5.69 Å². The summed E-state index contributed by atoms with van der Waals surface area (Å²) in [5.74, 6) is 2.89. The number of anilines is 1. The van der Waals surface area contributed by atoms with Gasteiger partial charge in [-0.3, -0.25) is 0 Å². The predicted molar refractivity (Wildman–Crippen MR) is 78.6 cm³/mol. The Morgan fingerprint density at radius 3 is 2.63 bits per heavy atom. The molecule has 0 saturated carbocycles. The first kappa shape index (κ1) is 13.0. The Kier molecular flexibility index (Phi) is 3.78. The van der Waals surface area contributed by atoms with Gasteiger partial charge in [-0.25, -0.2) is 4.98 Å². The van der Waals surface area contributed by atoms with E-state index in [1.54, 1.807) is 0 Å². The molecule has 2 saturated heterocycles. The van der Waals surface area contributed by atoms with Crippen molar-refractivity contribution < 1.29 is 0 Å². The van der Waals surface area contributed by atoms with Gasteiger partial charge in [0.15, 0.2) is 0 Å². The molecule has 2 aliphatic heterocycles. The van der Waals surface area contributed by atoms with Crippen LogP contribution in [0, 0.1) is 11.8 Å². The number of nitrogens with one attached hydrogen (secondary N) is 1. The Hall–Kier alpha value is -1.03. The zero-order valence-electron chi connectivity index (χ0n) is 12.2. The summed E-state index contributed by atoms with van der Waals surface area (Å²) in [7, 11) is 0. The first-order valence-corrected chi connectivity index (χ1v) is 7.83. The number of imidazole rings is 1. The molecule has 1 aromatic heterocycles. The minimum absolute atomic E-state index is 0.835. The molecule has 4 nitrogen and oxygen atoms in total. The van der Waals surface area contributed by atoms with Gasteiger partial charge in [-0.2, -0.15) is 0 Å². The molecule has 4 heteroatoms. The molecule has 2 aliphatic rings. The third-order valence-corrected chi connectivity index (χ3v) is 4.59. The van der Waals surface area contributed by atoms with E-state index in [9.17, 15) is 0 Å². The number of aromatic nitrogens is 2. The maximum absolute atomic E-state index is 4.86. The fourth-order valence-electron chi connectivity index (χ4n) is 3.39. The highest BCUT2D eigenvalue weighted by molar-refractivity contribution is 5.36. The van der Waals surface area contributed by atoms with E-state index in [-0.39, 0.29) is 0 Å². The average Bonchev–Trinajstić information content (AvgIpc) is 3.08. The normalized spacial score (nSPS) is 26.1. The smallest absolute Gasteiger partial charge is 0.205 e. The maximum Gasteiger partial charge on any atom is 0.205 e. The van der Waals surface area contributed by atoms with E-state index in [4.69, 9.17) is 4.98 Å². The van der Waals surface area contributed by atoms with Gasteiger partial charge in [0, 0.05) is 38.9 Å². The first-order valence-electron chi connectivity index (χ1n) is 7.83. The second-order valence-electron chi connectivity index (χ2n) is 6.02. The number of hydrogen-bond acceptors (Lipinski definition) is 3. The second-order valence-corrected chi connectivity index (χ2v) is 6.02. The van der Waals surface area contributed by atoms with E-state index >= 15 is 0 Å². The molecular formula is C15H26N4. The SMILES string of the molecule is CCCCn1cc(CC)nc1N1C[C@H]2CNC[C@H]2C1. The van der Waals surface area contributed by atoms with Gasteiger partial charge in [-0.15, -0.1) is 0 Å². The molecule has 1 N–H and O–H groups in total. The van der Waals surface area contributed by atoms with Crippen LogP contribution in [-0.2, 0) is 13.0 Å². The molecular weight excluding hydrogens is 236 g/mol. The number of hydrogen-bond donors (Lipinski definition) is 1. The molecule has 106 valence electrons. The van der Waals surface area contributed by atoms with Crippen molar-refractivity contribution in [3.8, 4) is 0 Å². The maximum atomic E-state index is 4.86. The van der Waals surface area contributed by atoms with Crippen molar-refractivity contribution in [1.29, 1.82) is 0 Å². The van der Waals surface area contributed by atoms with Crippen molar-refractivity contribution in [2.24, 2.45) is 11.8 Å². The van der Waals surface area contributed by atoms with Crippen molar-refractivity contribution in [1.82, 2.24) is 14.9 Å². The van der Waals surface area contributed by atoms with Crippen LogP contribution in [0.5, 0.6) is 0 Å². The number of nitrogens with zero attached hydrogens (tertiary/aromatic N) is 3. The van der Waals surface area contributed by atoms with Gasteiger partial charge in [0.1, 0.15) is 0 Å². The Labute approximate surface area is 116 Å². The number of unbranched alkanes of at least 4 members (excludes halogenated alkanes) is 1. The molecule has 19 heavy (non-hydrogen) atoms. The molecule has 2 fully saturated rings. The third-order valence-electron chi connectivity index (χ3n) is 4.59. The first-order chi connectivity index (χ1) is 9.31. The van der Waals surface area contributed by atoms with Gasteiger partial charge in [0.2, 0.25) is 5.95 Å². The Bertz CT molecular complexity index is 414. The van der Waals surface area contributed by atoms with Crippen molar-refractivity contribution in [2.75, 3.05) is 31.1 Å². The predicted octanol–water partition coefficient (Wildman–Crippen LogP) is 1.90. The van der Waals surface area contributed by atoms with E-state index in [0.29, 0.717) is 0 Å². The highest BCUT2D eigenvalue weighted by Gasteiger charge is 2.37. The zero-order chi connectivity index (χ0) is 13.2. The van der Waals surface area contributed by atoms with Gasteiger partial charge in [0.25, 0.3) is 0 Å². The number of fused-ring (bicyclic) bond motifs is 1. The molecule has 3 heterocycles. The lowest BCUT2D eigenvalue weighted by atomic mass is 10.0.